The third-order valence-corrected chi connectivity index (χ3v) is 6.31. The van der Waals surface area contributed by atoms with Gasteiger partial charge in [0.1, 0.15) is 11.4 Å². The van der Waals surface area contributed by atoms with Crippen LogP contribution >= 0.6 is 0 Å². The SMILES string of the molecule is CC(=O)c1c(C)nc(C(C(C)C)N(CCCN)C(=O)c2ccc(C)cc2)n(Cc2ccccc2)c1=O. The van der Waals surface area contributed by atoms with E-state index in [-0.39, 0.29) is 35.3 Å². The molecule has 0 saturated heterocycles. The van der Waals surface area contributed by atoms with E-state index >= 15 is 0 Å². The number of hydrogen-bond donors (Lipinski definition) is 1. The fraction of sp³-hybridized carbons (Fsp3) is 0.379. The van der Waals surface area contributed by atoms with Gasteiger partial charge in [-0.25, -0.2) is 4.98 Å². The minimum atomic E-state index is -0.499. The van der Waals surface area contributed by atoms with Crippen molar-refractivity contribution in [3.8, 4) is 0 Å². The van der Waals surface area contributed by atoms with Crippen molar-refractivity contribution in [3.63, 3.8) is 0 Å². The van der Waals surface area contributed by atoms with Crippen molar-refractivity contribution in [1.82, 2.24) is 14.5 Å². The molecule has 0 fully saturated rings. The lowest BCUT2D eigenvalue weighted by Crippen LogP contribution is -2.43. The van der Waals surface area contributed by atoms with Gasteiger partial charge < -0.3 is 10.6 Å². The molecule has 0 aliphatic heterocycles. The molecule has 1 heterocycles. The molecule has 0 bridgehead atoms. The Labute approximate surface area is 213 Å². The summed E-state index contributed by atoms with van der Waals surface area (Å²) in [5, 5.41) is 0. The van der Waals surface area contributed by atoms with Crippen LogP contribution in [-0.4, -0.2) is 39.2 Å². The number of amides is 1. The van der Waals surface area contributed by atoms with E-state index in [1.807, 2.05) is 75.4 Å². The van der Waals surface area contributed by atoms with E-state index in [0.29, 0.717) is 36.6 Å². The summed E-state index contributed by atoms with van der Waals surface area (Å²) >= 11 is 0. The zero-order valence-electron chi connectivity index (χ0n) is 21.8. The second-order valence-electron chi connectivity index (χ2n) is 9.56. The van der Waals surface area contributed by atoms with E-state index in [4.69, 9.17) is 10.7 Å². The highest BCUT2D eigenvalue weighted by molar-refractivity contribution is 5.95. The van der Waals surface area contributed by atoms with E-state index in [1.54, 1.807) is 16.4 Å². The Balaban J connectivity index is 2.23. The van der Waals surface area contributed by atoms with Gasteiger partial charge in [-0.3, -0.25) is 19.0 Å². The van der Waals surface area contributed by atoms with Crippen molar-refractivity contribution < 1.29 is 9.59 Å². The first-order valence-electron chi connectivity index (χ1n) is 12.4. The molecule has 190 valence electrons. The van der Waals surface area contributed by atoms with Crippen LogP contribution in [0.1, 0.15) is 76.6 Å². The summed E-state index contributed by atoms with van der Waals surface area (Å²) < 4.78 is 1.56. The zero-order chi connectivity index (χ0) is 26.4. The molecule has 3 aromatic rings. The van der Waals surface area contributed by atoms with E-state index in [0.717, 1.165) is 11.1 Å². The Kier molecular flexibility index (Phi) is 8.93. The average molecular weight is 489 g/mol. The number of carbonyl (C=O) groups is 2. The van der Waals surface area contributed by atoms with Gasteiger partial charge in [-0.1, -0.05) is 61.9 Å². The summed E-state index contributed by atoms with van der Waals surface area (Å²) in [4.78, 5) is 46.4. The third kappa shape index (κ3) is 5.97. The molecule has 1 atom stereocenters. The summed E-state index contributed by atoms with van der Waals surface area (Å²) in [5.41, 5.74) is 8.44. The predicted molar refractivity (Wildman–Crippen MR) is 142 cm³/mol. The first-order chi connectivity index (χ1) is 17.1. The Hall–Kier alpha value is -3.58. The highest BCUT2D eigenvalue weighted by Gasteiger charge is 2.33. The van der Waals surface area contributed by atoms with Crippen LogP contribution in [-0.2, 0) is 6.54 Å². The van der Waals surface area contributed by atoms with Gasteiger partial charge in [-0.15, -0.1) is 0 Å². The number of nitrogens with two attached hydrogens (primary N) is 1. The van der Waals surface area contributed by atoms with Gasteiger partial charge >= 0.3 is 0 Å². The number of carbonyl (C=O) groups excluding carboxylic acids is 2. The maximum absolute atomic E-state index is 13.8. The summed E-state index contributed by atoms with van der Waals surface area (Å²) in [5.74, 6) is -0.0568. The van der Waals surface area contributed by atoms with Crippen LogP contribution < -0.4 is 11.3 Å². The summed E-state index contributed by atoms with van der Waals surface area (Å²) in [7, 11) is 0. The predicted octanol–water partition coefficient (Wildman–Crippen LogP) is 4.30. The van der Waals surface area contributed by atoms with E-state index in [1.165, 1.54) is 6.92 Å². The topological polar surface area (TPSA) is 98.3 Å². The first kappa shape index (κ1) is 27.0. The quantitative estimate of drug-likeness (QED) is 0.429. The van der Waals surface area contributed by atoms with Crippen molar-refractivity contribution in [1.29, 1.82) is 0 Å². The van der Waals surface area contributed by atoms with Gasteiger partial charge in [0.15, 0.2) is 5.78 Å². The molecule has 1 amide bonds. The first-order valence-corrected chi connectivity index (χ1v) is 12.4. The lowest BCUT2D eigenvalue weighted by molar-refractivity contribution is 0.0601. The Morgan fingerprint density at radius 1 is 1.03 bits per heavy atom. The average Bonchev–Trinajstić information content (AvgIpc) is 2.84. The van der Waals surface area contributed by atoms with Crippen LogP contribution in [0.4, 0.5) is 0 Å². The molecule has 36 heavy (non-hydrogen) atoms. The number of aromatic nitrogens is 2. The molecule has 0 saturated carbocycles. The minimum absolute atomic E-state index is 0.0614. The number of Topliss-reactive ketones (excluding diaryl/α,β-unsaturated/α-hetero) is 1. The van der Waals surface area contributed by atoms with Crippen LogP contribution in [0, 0.1) is 19.8 Å². The fourth-order valence-corrected chi connectivity index (χ4v) is 4.52. The molecule has 2 aromatic carbocycles. The van der Waals surface area contributed by atoms with E-state index in [9.17, 15) is 14.4 Å². The molecule has 0 aliphatic carbocycles. The molecule has 7 heteroatoms. The molecule has 0 aliphatic rings. The maximum Gasteiger partial charge on any atom is 0.265 e. The molecule has 2 N–H and O–H groups in total. The third-order valence-electron chi connectivity index (χ3n) is 6.31. The summed E-state index contributed by atoms with van der Waals surface area (Å²) in [6.07, 6.45) is 0.605. The van der Waals surface area contributed by atoms with E-state index < -0.39 is 6.04 Å². The molecule has 1 aromatic heterocycles. The molecule has 1 unspecified atom stereocenters. The van der Waals surface area contributed by atoms with Crippen molar-refractivity contribution in [2.24, 2.45) is 11.7 Å². The normalized spacial score (nSPS) is 12.0. The van der Waals surface area contributed by atoms with Crippen molar-refractivity contribution in [2.75, 3.05) is 13.1 Å². The lowest BCUT2D eigenvalue weighted by atomic mass is 9.98. The molecular weight excluding hydrogens is 452 g/mol. The van der Waals surface area contributed by atoms with Crippen molar-refractivity contribution in [2.45, 2.75) is 53.6 Å². The fourth-order valence-electron chi connectivity index (χ4n) is 4.52. The summed E-state index contributed by atoms with van der Waals surface area (Å²) in [6.45, 7) is 10.1. The van der Waals surface area contributed by atoms with Gasteiger partial charge in [-0.05, 0) is 57.4 Å². The molecule has 3 rings (SSSR count). The van der Waals surface area contributed by atoms with E-state index in [2.05, 4.69) is 0 Å². The van der Waals surface area contributed by atoms with Gasteiger partial charge in [-0.2, -0.15) is 0 Å². The van der Waals surface area contributed by atoms with Crippen LogP contribution in [0.15, 0.2) is 59.4 Å². The minimum Gasteiger partial charge on any atom is -0.330 e. The highest BCUT2D eigenvalue weighted by atomic mass is 16.2. The van der Waals surface area contributed by atoms with Crippen LogP contribution in [0.5, 0.6) is 0 Å². The van der Waals surface area contributed by atoms with Crippen molar-refractivity contribution >= 4 is 11.7 Å². The number of aryl methyl sites for hydroxylation is 2. The maximum atomic E-state index is 13.8. The Bertz CT molecular complexity index is 1260. The van der Waals surface area contributed by atoms with Crippen LogP contribution in [0.3, 0.4) is 0 Å². The lowest BCUT2D eigenvalue weighted by Gasteiger charge is -2.35. The Morgan fingerprint density at radius 3 is 2.22 bits per heavy atom. The largest absolute Gasteiger partial charge is 0.330 e. The second kappa shape index (κ2) is 11.9. The zero-order valence-corrected chi connectivity index (χ0v) is 21.8. The molecule has 0 radical (unpaired) electrons. The smallest absolute Gasteiger partial charge is 0.265 e. The Morgan fingerprint density at radius 2 is 1.67 bits per heavy atom. The molecular formula is C29H36N4O3. The summed E-state index contributed by atoms with van der Waals surface area (Å²) in [6, 6.07) is 16.5. The second-order valence-corrected chi connectivity index (χ2v) is 9.56. The van der Waals surface area contributed by atoms with Gasteiger partial charge in [0.2, 0.25) is 0 Å². The monoisotopic (exact) mass is 488 g/mol. The van der Waals surface area contributed by atoms with Crippen LogP contribution in [0.25, 0.3) is 0 Å². The van der Waals surface area contributed by atoms with Gasteiger partial charge in [0, 0.05) is 12.1 Å². The van der Waals surface area contributed by atoms with Gasteiger partial charge in [0.05, 0.1) is 18.3 Å². The standard InChI is InChI=1S/C29H36N4O3/c1-19(2)26(32(17-9-16-30)28(35)24-14-12-20(3)13-15-24)27-31-21(4)25(22(5)34)29(36)33(27)18-23-10-7-6-8-11-23/h6-8,10-15,19,26H,9,16-18,30H2,1-5H3. The number of rotatable bonds is 10. The number of hydrogen-bond acceptors (Lipinski definition) is 5. The number of ketones is 1. The number of nitrogens with zero attached hydrogens (tertiary/aromatic N) is 3. The molecule has 0 spiro atoms. The van der Waals surface area contributed by atoms with Crippen LogP contribution in [0.2, 0.25) is 0 Å². The molecule has 7 nitrogen and oxygen atoms in total. The highest BCUT2D eigenvalue weighted by Crippen LogP contribution is 2.30. The van der Waals surface area contributed by atoms with Crippen molar-refractivity contribution in [3.05, 3.63) is 98.7 Å². The number of benzene rings is 2. The van der Waals surface area contributed by atoms with Gasteiger partial charge in [0.25, 0.3) is 11.5 Å².